The maximum absolute atomic E-state index is 3.72. The summed E-state index contributed by atoms with van der Waals surface area (Å²) < 4.78 is 0. The van der Waals surface area contributed by atoms with Crippen molar-refractivity contribution in [3.8, 4) is 0 Å². The summed E-state index contributed by atoms with van der Waals surface area (Å²) in [6.07, 6.45) is 5.40. The van der Waals surface area contributed by atoms with Crippen molar-refractivity contribution in [2.45, 2.75) is 45.2 Å². The Hall–Kier alpha value is -1.02. The Balaban J connectivity index is 1.64. The molecule has 0 radical (unpaired) electrons. The van der Waals surface area contributed by atoms with Gasteiger partial charge in [0.05, 0.1) is 0 Å². The highest BCUT2D eigenvalue weighted by Crippen LogP contribution is 2.31. The van der Waals surface area contributed by atoms with Gasteiger partial charge in [-0.25, -0.2) is 0 Å². The number of rotatable bonds is 4. The normalized spacial score (nSPS) is 28.1. The average molecular weight is 244 g/mol. The van der Waals surface area contributed by atoms with Gasteiger partial charge in [0, 0.05) is 18.3 Å². The second kappa shape index (κ2) is 5.31. The fraction of sp³-hybridized carbons (Fsp3) is 0.625. The zero-order valence-electron chi connectivity index (χ0n) is 11.4. The van der Waals surface area contributed by atoms with Crippen molar-refractivity contribution in [2.24, 2.45) is 5.92 Å². The maximum atomic E-state index is 3.72. The van der Waals surface area contributed by atoms with Gasteiger partial charge in [-0.2, -0.15) is 0 Å². The summed E-state index contributed by atoms with van der Waals surface area (Å²) >= 11 is 0. The highest BCUT2D eigenvalue weighted by molar-refractivity contribution is 5.52. The molecular formula is C16H24N2. The van der Waals surface area contributed by atoms with E-state index in [1.54, 1.807) is 0 Å². The van der Waals surface area contributed by atoms with Crippen molar-refractivity contribution in [1.29, 1.82) is 0 Å². The lowest BCUT2D eigenvalue weighted by molar-refractivity contribution is 0.307. The number of likely N-dealkylation sites (tertiary alicyclic amines) is 1. The van der Waals surface area contributed by atoms with E-state index in [0.717, 1.165) is 12.5 Å². The number of para-hydroxylation sites is 1. The van der Waals surface area contributed by atoms with Gasteiger partial charge in [0.15, 0.2) is 0 Å². The highest BCUT2D eigenvalue weighted by atomic mass is 15.1. The fourth-order valence-corrected chi connectivity index (χ4v) is 3.22. The van der Waals surface area contributed by atoms with E-state index in [2.05, 4.69) is 41.4 Å². The summed E-state index contributed by atoms with van der Waals surface area (Å²) in [5.41, 5.74) is 2.83. The van der Waals surface area contributed by atoms with E-state index >= 15 is 0 Å². The van der Waals surface area contributed by atoms with E-state index in [-0.39, 0.29) is 0 Å². The minimum absolute atomic E-state index is 0.708. The van der Waals surface area contributed by atoms with Crippen LogP contribution in [-0.4, -0.2) is 24.0 Å². The van der Waals surface area contributed by atoms with Crippen LogP contribution >= 0.6 is 0 Å². The predicted octanol–water partition coefficient (Wildman–Crippen LogP) is 3.49. The van der Waals surface area contributed by atoms with Crippen molar-refractivity contribution in [1.82, 2.24) is 4.90 Å². The quantitative estimate of drug-likeness (QED) is 0.872. The van der Waals surface area contributed by atoms with Crippen molar-refractivity contribution in [2.75, 3.05) is 18.4 Å². The van der Waals surface area contributed by atoms with E-state index < -0.39 is 0 Å². The largest absolute Gasteiger partial charge is 0.382 e. The number of nitrogens with zero attached hydrogens (tertiary/aromatic N) is 1. The van der Waals surface area contributed by atoms with Gasteiger partial charge < -0.3 is 5.32 Å². The molecule has 1 aromatic rings. The molecule has 3 rings (SSSR count). The molecule has 2 fully saturated rings. The Bertz CT molecular complexity index is 390. The second-order valence-corrected chi connectivity index (χ2v) is 6.06. The van der Waals surface area contributed by atoms with Gasteiger partial charge in [-0.05, 0) is 56.3 Å². The Labute approximate surface area is 110 Å². The van der Waals surface area contributed by atoms with Crippen LogP contribution in [0.15, 0.2) is 24.3 Å². The molecule has 18 heavy (non-hydrogen) atoms. The lowest BCUT2D eigenvalue weighted by Gasteiger charge is -2.35. The van der Waals surface area contributed by atoms with Crippen molar-refractivity contribution >= 4 is 5.69 Å². The first-order valence-electron chi connectivity index (χ1n) is 7.38. The molecule has 2 heteroatoms. The number of hydrogen-bond donors (Lipinski definition) is 1. The molecule has 1 saturated heterocycles. The molecule has 1 aliphatic heterocycles. The van der Waals surface area contributed by atoms with E-state index in [0.29, 0.717) is 6.04 Å². The molecule has 1 aliphatic carbocycles. The van der Waals surface area contributed by atoms with Gasteiger partial charge in [-0.1, -0.05) is 25.1 Å². The highest BCUT2D eigenvalue weighted by Gasteiger charge is 2.25. The van der Waals surface area contributed by atoms with Gasteiger partial charge in [0.2, 0.25) is 0 Å². The van der Waals surface area contributed by atoms with Gasteiger partial charge >= 0.3 is 0 Å². The Morgan fingerprint density at radius 1 is 1.17 bits per heavy atom. The molecule has 1 N–H and O–H groups in total. The van der Waals surface area contributed by atoms with Crippen LogP contribution in [-0.2, 0) is 6.54 Å². The molecule has 0 aromatic heterocycles. The number of anilines is 1. The molecule has 0 unspecified atom stereocenters. The molecule has 0 atom stereocenters. The lowest BCUT2D eigenvalue weighted by Crippen LogP contribution is -2.34. The third kappa shape index (κ3) is 2.69. The van der Waals surface area contributed by atoms with Crippen LogP contribution in [0.25, 0.3) is 0 Å². The first kappa shape index (κ1) is 12.0. The maximum Gasteiger partial charge on any atom is 0.0388 e. The van der Waals surface area contributed by atoms with Crippen LogP contribution in [0.4, 0.5) is 5.69 Å². The van der Waals surface area contributed by atoms with Crippen molar-refractivity contribution in [3.05, 3.63) is 29.8 Å². The molecule has 1 heterocycles. The molecule has 1 aromatic carbocycles. The zero-order chi connectivity index (χ0) is 12.4. The van der Waals surface area contributed by atoms with Crippen LogP contribution in [0.1, 0.15) is 38.2 Å². The first-order chi connectivity index (χ1) is 8.81. The van der Waals surface area contributed by atoms with Crippen LogP contribution in [0, 0.1) is 5.92 Å². The molecule has 0 bridgehead atoms. The third-order valence-corrected chi connectivity index (χ3v) is 4.34. The lowest BCUT2D eigenvalue weighted by atomic mass is 9.81. The first-order valence-corrected chi connectivity index (χ1v) is 7.38. The third-order valence-electron chi connectivity index (χ3n) is 4.34. The van der Waals surface area contributed by atoms with Crippen LogP contribution < -0.4 is 5.32 Å². The Kier molecular flexibility index (Phi) is 3.55. The molecule has 98 valence electrons. The molecular weight excluding hydrogens is 220 g/mol. The Morgan fingerprint density at radius 3 is 2.61 bits per heavy atom. The van der Waals surface area contributed by atoms with E-state index in [9.17, 15) is 0 Å². The molecule has 2 nitrogen and oxygen atoms in total. The van der Waals surface area contributed by atoms with Crippen LogP contribution in [0.3, 0.4) is 0 Å². The molecule has 0 spiro atoms. The smallest absolute Gasteiger partial charge is 0.0388 e. The number of benzene rings is 1. The zero-order valence-corrected chi connectivity index (χ0v) is 11.4. The topological polar surface area (TPSA) is 15.3 Å². The van der Waals surface area contributed by atoms with Crippen molar-refractivity contribution < 1.29 is 0 Å². The molecule has 0 amide bonds. The summed E-state index contributed by atoms with van der Waals surface area (Å²) in [7, 11) is 0. The predicted molar refractivity (Wildman–Crippen MR) is 76.8 cm³/mol. The van der Waals surface area contributed by atoms with Crippen LogP contribution in [0.5, 0.6) is 0 Å². The van der Waals surface area contributed by atoms with E-state index in [4.69, 9.17) is 0 Å². The summed E-state index contributed by atoms with van der Waals surface area (Å²) in [4.78, 5) is 2.57. The number of hydrogen-bond acceptors (Lipinski definition) is 2. The van der Waals surface area contributed by atoms with Gasteiger partial charge in [-0.15, -0.1) is 0 Å². The van der Waals surface area contributed by atoms with Gasteiger partial charge in [-0.3, -0.25) is 4.90 Å². The number of nitrogens with one attached hydrogen (secondary N) is 1. The summed E-state index contributed by atoms with van der Waals surface area (Å²) in [5.74, 6) is 0.910. The Morgan fingerprint density at radius 2 is 1.89 bits per heavy atom. The second-order valence-electron chi connectivity index (χ2n) is 6.06. The average Bonchev–Trinajstić information content (AvgIpc) is 2.82. The van der Waals surface area contributed by atoms with Crippen molar-refractivity contribution in [3.63, 3.8) is 0 Å². The summed E-state index contributed by atoms with van der Waals surface area (Å²) in [6.45, 7) is 6.00. The fourth-order valence-electron chi connectivity index (χ4n) is 3.22. The summed E-state index contributed by atoms with van der Waals surface area (Å²) in [6, 6.07) is 9.55. The van der Waals surface area contributed by atoms with Gasteiger partial charge in [0.25, 0.3) is 0 Å². The van der Waals surface area contributed by atoms with Crippen LogP contribution in [0.2, 0.25) is 0 Å². The standard InChI is InChI=1S/C16H24N2/c1-13-10-15(11-13)17-16-7-3-2-6-14(16)12-18-8-4-5-9-18/h2-3,6-7,13,15,17H,4-5,8-12H2,1H3. The molecule has 1 saturated carbocycles. The molecule has 2 aliphatic rings. The minimum Gasteiger partial charge on any atom is -0.382 e. The minimum atomic E-state index is 0.708. The van der Waals surface area contributed by atoms with E-state index in [1.165, 1.54) is 50.0 Å². The monoisotopic (exact) mass is 244 g/mol. The van der Waals surface area contributed by atoms with E-state index in [1.807, 2.05) is 0 Å². The summed E-state index contributed by atoms with van der Waals surface area (Å²) in [5, 5.41) is 3.72. The van der Waals surface area contributed by atoms with Gasteiger partial charge in [0.1, 0.15) is 0 Å². The SMILES string of the molecule is CC1CC(Nc2ccccc2CN2CCCC2)C1.